The summed E-state index contributed by atoms with van der Waals surface area (Å²) in [4.78, 5) is 2.27. The van der Waals surface area contributed by atoms with Gasteiger partial charge in [0.05, 0.1) is 5.60 Å². The minimum atomic E-state index is -0.530. The monoisotopic (exact) mass is 186 g/mol. The van der Waals surface area contributed by atoms with Gasteiger partial charge in [0.1, 0.15) is 0 Å². The molecule has 1 fully saturated rings. The highest BCUT2D eigenvalue weighted by atomic mass is 16.3. The van der Waals surface area contributed by atoms with Gasteiger partial charge in [-0.1, -0.05) is 6.92 Å². The maximum absolute atomic E-state index is 9.89. The summed E-state index contributed by atoms with van der Waals surface area (Å²) in [7, 11) is 2.10. The second kappa shape index (κ2) is 4.40. The zero-order chi connectivity index (χ0) is 9.90. The fourth-order valence-corrected chi connectivity index (χ4v) is 1.79. The van der Waals surface area contributed by atoms with Gasteiger partial charge < -0.3 is 10.4 Å². The van der Waals surface area contributed by atoms with Gasteiger partial charge in [-0.05, 0) is 33.4 Å². The standard InChI is InChI=1S/C10H22N2O/c1-4-10(2,13)8-12(3)9-5-6-11-7-9/h9,11,13H,4-8H2,1-3H3. The molecule has 0 aliphatic carbocycles. The molecule has 1 aliphatic rings. The van der Waals surface area contributed by atoms with Crippen molar-refractivity contribution in [2.45, 2.75) is 38.3 Å². The molecule has 78 valence electrons. The largest absolute Gasteiger partial charge is 0.389 e. The lowest BCUT2D eigenvalue weighted by Crippen LogP contribution is -2.44. The van der Waals surface area contributed by atoms with Crippen LogP contribution < -0.4 is 5.32 Å². The maximum Gasteiger partial charge on any atom is 0.0743 e. The molecule has 2 unspecified atom stereocenters. The van der Waals surface area contributed by atoms with Crippen LogP contribution in [0.1, 0.15) is 26.7 Å². The van der Waals surface area contributed by atoms with Crippen molar-refractivity contribution in [2.24, 2.45) is 0 Å². The third kappa shape index (κ3) is 3.25. The Labute approximate surface area is 81.1 Å². The average Bonchev–Trinajstić information content (AvgIpc) is 2.55. The first kappa shape index (κ1) is 11.0. The van der Waals surface area contributed by atoms with Crippen molar-refractivity contribution in [3.05, 3.63) is 0 Å². The number of aliphatic hydroxyl groups is 1. The van der Waals surface area contributed by atoms with Crippen LogP contribution in [0.25, 0.3) is 0 Å². The van der Waals surface area contributed by atoms with Crippen LogP contribution in [0.3, 0.4) is 0 Å². The molecule has 3 nitrogen and oxygen atoms in total. The Balaban J connectivity index is 2.35. The molecule has 1 saturated heterocycles. The predicted molar refractivity (Wildman–Crippen MR) is 54.8 cm³/mol. The molecule has 1 aliphatic heterocycles. The van der Waals surface area contributed by atoms with Crippen LogP contribution in [0.5, 0.6) is 0 Å². The van der Waals surface area contributed by atoms with Gasteiger partial charge in [0.15, 0.2) is 0 Å². The van der Waals surface area contributed by atoms with Gasteiger partial charge >= 0.3 is 0 Å². The maximum atomic E-state index is 9.89. The van der Waals surface area contributed by atoms with Gasteiger partial charge in [-0.3, -0.25) is 4.90 Å². The summed E-state index contributed by atoms with van der Waals surface area (Å²) in [6.07, 6.45) is 2.02. The molecule has 1 heterocycles. The van der Waals surface area contributed by atoms with Gasteiger partial charge in [-0.2, -0.15) is 0 Å². The number of nitrogens with one attached hydrogen (secondary N) is 1. The highest BCUT2D eigenvalue weighted by Gasteiger charge is 2.25. The molecule has 3 heteroatoms. The molecule has 2 N–H and O–H groups in total. The third-order valence-corrected chi connectivity index (χ3v) is 3.01. The minimum absolute atomic E-state index is 0.530. The van der Waals surface area contributed by atoms with E-state index in [2.05, 4.69) is 17.3 Å². The van der Waals surface area contributed by atoms with Gasteiger partial charge in [-0.25, -0.2) is 0 Å². The van der Waals surface area contributed by atoms with E-state index in [1.807, 2.05) is 13.8 Å². The van der Waals surface area contributed by atoms with Crippen LogP contribution in [-0.4, -0.2) is 48.3 Å². The number of rotatable bonds is 4. The van der Waals surface area contributed by atoms with Crippen LogP contribution >= 0.6 is 0 Å². The van der Waals surface area contributed by atoms with Crippen LogP contribution in [0, 0.1) is 0 Å². The molecular weight excluding hydrogens is 164 g/mol. The van der Waals surface area contributed by atoms with Gasteiger partial charge in [0.2, 0.25) is 0 Å². The van der Waals surface area contributed by atoms with Crippen molar-refractivity contribution in [3.63, 3.8) is 0 Å². The van der Waals surface area contributed by atoms with Crippen molar-refractivity contribution in [1.29, 1.82) is 0 Å². The van der Waals surface area contributed by atoms with Crippen LogP contribution in [0.4, 0.5) is 0 Å². The summed E-state index contributed by atoms with van der Waals surface area (Å²) in [5.74, 6) is 0. The highest BCUT2D eigenvalue weighted by molar-refractivity contribution is 4.83. The molecule has 0 aromatic rings. The molecule has 13 heavy (non-hydrogen) atoms. The van der Waals surface area contributed by atoms with Crippen molar-refractivity contribution >= 4 is 0 Å². The molecule has 0 spiro atoms. The predicted octanol–water partition coefficient (Wildman–Crippen LogP) is 0.441. The normalized spacial score (nSPS) is 27.9. The lowest BCUT2D eigenvalue weighted by atomic mass is 10.0. The second-order valence-corrected chi connectivity index (χ2v) is 4.41. The summed E-state index contributed by atoms with van der Waals surface area (Å²) in [5, 5.41) is 13.2. The molecule has 0 radical (unpaired) electrons. The number of nitrogens with zero attached hydrogens (tertiary/aromatic N) is 1. The second-order valence-electron chi connectivity index (χ2n) is 4.41. The first-order valence-electron chi connectivity index (χ1n) is 5.18. The van der Waals surface area contributed by atoms with E-state index in [0.717, 1.165) is 26.1 Å². The Kier molecular flexibility index (Phi) is 3.71. The Hall–Kier alpha value is -0.120. The molecule has 2 atom stereocenters. The van der Waals surface area contributed by atoms with Gasteiger partial charge in [-0.15, -0.1) is 0 Å². The zero-order valence-electron chi connectivity index (χ0n) is 9.01. The quantitative estimate of drug-likeness (QED) is 0.669. The third-order valence-electron chi connectivity index (χ3n) is 3.01. The van der Waals surface area contributed by atoms with Crippen molar-refractivity contribution in [3.8, 4) is 0 Å². The fraction of sp³-hybridized carbons (Fsp3) is 1.00. The zero-order valence-corrected chi connectivity index (χ0v) is 9.01. The van der Waals surface area contributed by atoms with Crippen molar-refractivity contribution < 1.29 is 5.11 Å². The van der Waals surface area contributed by atoms with E-state index in [-0.39, 0.29) is 0 Å². The van der Waals surface area contributed by atoms with E-state index in [1.165, 1.54) is 6.42 Å². The molecule has 0 amide bonds. The molecule has 1 rings (SSSR count). The molecule has 0 aromatic carbocycles. The van der Waals surface area contributed by atoms with Gasteiger partial charge in [0, 0.05) is 19.1 Å². The molecule has 0 bridgehead atoms. The molecular formula is C10H22N2O. The van der Waals surface area contributed by atoms with E-state index in [9.17, 15) is 5.11 Å². The van der Waals surface area contributed by atoms with E-state index < -0.39 is 5.60 Å². The van der Waals surface area contributed by atoms with E-state index in [1.54, 1.807) is 0 Å². The summed E-state index contributed by atoms with van der Waals surface area (Å²) >= 11 is 0. The summed E-state index contributed by atoms with van der Waals surface area (Å²) in [6.45, 7) is 6.89. The van der Waals surface area contributed by atoms with Crippen LogP contribution in [0.2, 0.25) is 0 Å². The first-order valence-corrected chi connectivity index (χ1v) is 5.18. The summed E-state index contributed by atoms with van der Waals surface area (Å²) in [5.41, 5.74) is -0.530. The molecule has 0 saturated carbocycles. The number of likely N-dealkylation sites (N-methyl/N-ethyl adjacent to an activating group) is 1. The number of hydrogen-bond acceptors (Lipinski definition) is 3. The Morgan fingerprint density at radius 3 is 2.77 bits per heavy atom. The average molecular weight is 186 g/mol. The van der Waals surface area contributed by atoms with Crippen molar-refractivity contribution in [2.75, 3.05) is 26.7 Å². The molecule has 0 aromatic heterocycles. The Morgan fingerprint density at radius 2 is 2.31 bits per heavy atom. The minimum Gasteiger partial charge on any atom is -0.389 e. The van der Waals surface area contributed by atoms with E-state index in [0.29, 0.717) is 6.04 Å². The fourth-order valence-electron chi connectivity index (χ4n) is 1.79. The first-order chi connectivity index (χ1) is 6.05. The summed E-state index contributed by atoms with van der Waals surface area (Å²) in [6, 6.07) is 0.609. The lowest BCUT2D eigenvalue weighted by molar-refractivity contribution is 0.0143. The van der Waals surface area contributed by atoms with Gasteiger partial charge in [0.25, 0.3) is 0 Å². The Morgan fingerprint density at radius 1 is 1.62 bits per heavy atom. The highest BCUT2D eigenvalue weighted by Crippen LogP contribution is 2.14. The van der Waals surface area contributed by atoms with E-state index >= 15 is 0 Å². The Bertz CT molecular complexity index is 153. The number of hydrogen-bond donors (Lipinski definition) is 2. The van der Waals surface area contributed by atoms with E-state index in [4.69, 9.17) is 0 Å². The van der Waals surface area contributed by atoms with Crippen LogP contribution in [-0.2, 0) is 0 Å². The SMILES string of the molecule is CCC(C)(O)CN(C)C1CCNC1. The summed E-state index contributed by atoms with van der Waals surface area (Å²) < 4.78 is 0. The van der Waals surface area contributed by atoms with Crippen LogP contribution in [0.15, 0.2) is 0 Å². The smallest absolute Gasteiger partial charge is 0.0743 e. The topological polar surface area (TPSA) is 35.5 Å². The lowest BCUT2D eigenvalue weighted by Gasteiger charge is -2.31. The van der Waals surface area contributed by atoms with Crippen molar-refractivity contribution in [1.82, 2.24) is 10.2 Å².